The van der Waals surface area contributed by atoms with Crippen molar-refractivity contribution in [2.45, 2.75) is 137 Å². The van der Waals surface area contributed by atoms with Gasteiger partial charge in [0.1, 0.15) is 48.2 Å². The van der Waals surface area contributed by atoms with Crippen molar-refractivity contribution in [2.24, 2.45) is 0 Å². The van der Waals surface area contributed by atoms with Gasteiger partial charge in [-0.2, -0.15) is 0 Å². The number of thioether (sulfide) groups is 1. The third-order valence-corrected chi connectivity index (χ3v) is 19.9. The smallest absolute Gasteiger partial charge is 0.192 e. The molecule has 0 unspecified atom stereocenters. The van der Waals surface area contributed by atoms with Crippen molar-refractivity contribution in [3.8, 4) is 0 Å². The Morgan fingerprint density at radius 1 is 0.465 bits per heavy atom. The predicted octanol–water partition coefficient (Wildman–Crippen LogP) is 13.0. The second kappa shape index (κ2) is 26.5. The number of hydrogen-bond acceptors (Lipinski definition) is 10. The summed E-state index contributed by atoms with van der Waals surface area (Å²) in [6.07, 6.45) is -5.93. The molecule has 9 nitrogen and oxygen atoms in total. The van der Waals surface area contributed by atoms with Crippen LogP contribution in [0.2, 0.25) is 18.1 Å². The molecule has 2 aliphatic rings. The highest BCUT2D eigenvalue weighted by Gasteiger charge is 2.56. The average Bonchev–Trinajstić information content (AvgIpc) is 3.39. The number of benzene rings is 6. The fraction of sp³-hybridized carbons (Fsp3) is 0.390. The first-order chi connectivity index (χ1) is 34.5. The lowest BCUT2D eigenvalue weighted by atomic mass is 9.96. The van der Waals surface area contributed by atoms with E-state index in [1.165, 1.54) is 0 Å². The lowest BCUT2D eigenvalue weighted by Crippen LogP contribution is -2.67. The molecule has 0 aliphatic carbocycles. The van der Waals surface area contributed by atoms with Gasteiger partial charge in [-0.05, 0) is 58.1 Å². The van der Waals surface area contributed by atoms with E-state index in [-0.39, 0.29) is 18.3 Å². The Morgan fingerprint density at radius 3 is 1.32 bits per heavy atom. The van der Waals surface area contributed by atoms with Crippen LogP contribution in [-0.2, 0) is 75.4 Å². The van der Waals surface area contributed by atoms with Gasteiger partial charge < -0.3 is 42.3 Å². The molecular weight excluding hydrogens is 1040 g/mol. The van der Waals surface area contributed by atoms with Gasteiger partial charge in [-0.3, -0.25) is 0 Å². The third-order valence-electron chi connectivity index (χ3n) is 13.4. The molecule has 0 amide bonds. The normalized spacial score (nSPS) is 24.9. The standard InChI is InChI=1S/C59H69IO9SSi/c1-59(2,3)71(4,5)69-54-51(62-38-44-26-14-7-15-27-44)50(42-61-37-43-24-12-6-13-25-43)66-57(55(54)64-40-46-30-18-9-19-31-46)68-52-49(36-60)67-58(70-48-34-22-11-23-35-48)56(65-41-47-32-20-10-21-33-47)53(52)63-39-45-28-16-8-17-29-45/h6-35,49-58H,36-42H2,1-5H3/t49-,50-,51+,52-,53+,54+,55-,56-,57+,58-/m1/s1. The molecule has 6 aromatic rings. The molecule has 0 radical (unpaired) electrons. The van der Waals surface area contributed by atoms with E-state index in [1.807, 2.05) is 109 Å². The molecule has 0 aromatic heterocycles. The summed E-state index contributed by atoms with van der Waals surface area (Å²) in [7, 11) is -2.56. The van der Waals surface area contributed by atoms with E-state index in [0.717, 1.165) is 32.7 Å². The molecule has 71 heavy (non-hydrogen) atoms. The van der Waals surface area contributed by atoms with Crippen LogP contribution in [0.25, 0.3) is 0 Å². The lowest BCUT2D eigenvalue weighted by molar-refractivity contribution is -0.350. The SMILES string of the molecule is CC(C)(C)[Si](C)(C)O[C@H]1[C@@H](OCc2ccccc2)[C@@H](COCc2ccccc2)O[C@@H](O[C@H]2[C@H](OCc3ccccc3)[C@@H](OCc3ccccc3)[C@@H](Sc3ccccc3)O[C@@H]2CI)[C@@H]1OCc1ccccc1. The molecule has 6 aromatic carbocycles. The Morgan fingerprint density at radius 2 is 0.873 bits per heavy atom. The summed E-state index contributed by atoms with van der Waals surface area (Å²) < 4.78 is 65.4. The summed E-state index contributed by atoms with van der Waals surface area (Å²) in [5.74, 6) is 0. The zero-order valence-electron chi connectivity index (χ0n) is 41.5. The van der Waals surface area contributed by atoms with E-state index >= 15 is 0 Å². The first kappa shape index (κ1) is 53.5. The van der Waals surface area contributed by atoms with Crippen molar-refractivity contribution in [1.29, 1.82) is 0 Å². The summed E-state index contributed by atoms with van der Waals surface area (Å²) in [5, 5.41) is -0.149. The van der Waals surface area contributed by atoms with Crippen molar-refractivity contribution in [3.05, 3.63) is 210 Å². The van der Waals surface area contributed by atoms with Crippen molar-refractivity contribution in [3.63, 3.8) is 0 Å². The van der Waals surface area contributed by atoms with E-state index in [4.69, 9.17) is 42.3 Å². The molecule has 2 heterocycles. The van der Waals surface area contributed by atoms with Gasteiger partial charge in [0.15, 0.2) is 14.6 Å². The van der Waals surface area contributed by atoms with Crippen LogP contribution in [0.15, 0.2) is 187 Å². The van der Waals surface area contributed by atoms with Crippen LogP contribution in [0.5, 0.6) is 0 Å². The Balaban J connectivity index is 1.21. The Labute approximate surface area is 440 Å². The van der Waals surface area contributed by atoms with Crippen molar-refractivity contribution in [2.75, 3.05) is 11.0 Å². The molecule has 12 heteroatoms. The molecule has 8 rings (SSSR count). The number of halogens is 1. The van der Waals surface area contributed by atoms with E-state index in [1.54, 1.807) is 11.8 Å². The Bertz CT molecular complexity index is 2420. The molecule has 0 saturated carbocycles. The van der Waals surface area contributed by atoms with Crippen molar-refractivity contribution >= 4 is 42.7 Å². The minimum absolute atomic E-state index is 0.149. The van der Waals surface area contributed by atoms with Gasteiger partial charge in [-0.25, -0.2) is 0 Å². The molecule has 376 valence electrons. The number of alkyl halides is 1. The minimum Gasteiger partial charge on any atom is -0.408 e. The number of hydrogen-bond donors (Lipinski definition) is 0. The Hall–Kier alpha value is -3.74. The van der Waals surface area contributed by atoms with Crippen LogP contribution in [0, 0.1) is 0 Å². The molecular formula is C59H69IO9SSi. The van der Waals surface area contributed by atoms with Gasteiger partial charge >= 0.3 is 0 Å². The first-order valence-electron chi connectivity index (χ1n) is 24.7. The Kier molecular flexibility index (Phi) is 20.0. The van der Waals surface area contributed by atoms with Crippen LogP contribution in [0.4, 0.5) is 0 Å². The molecule has 0 N–H and O–H groups in total. The first-order valence-corrected chi connectivity index (χ1v) is 30.0. The van der Waals surface area contributed by atoms with Crippen molar-refractivity contribution in [1.82, 2.24) is 0 Å². The summed E-state index contributed by atoms with van der Waals surface area (Å²) in [4.78, 5) is 1.06. The van der Waals surface area contributed by atoms with Gasteiger partial charge in [0.2, 0.25) is 0 Å². The second-order valence-electron chi connectivity index (χ2n) is 19.7. The largest absolute Gasteiger partial charge is 0.408 e. The van der Waals surface area contributed by atoms with Gasteiger partial charge in [0.25, 0.3) is 0 Å². The third kappa shape index (κ3) is 15.2. The minimum atomic E-state index is -2.56. The van der Waals surface area contributed by atoms with E-state index in [0.29, 0.717) is 30.9 Å². The van der Waals surface area contributed by atoms with Crippen LogP contribution in [0.3, 0.4) is 0 Å². The predicted molar refractivity (Wildman–Crippen MR) is 292 cm³/mol. The van der Waals surface area contributed by atoms with Crippen LogP contribution < -0.4 is 0 Å². The maximum absolute atomic E-state index is 7.62. The van der Waals surface area contributed by atoms with E-state index < -0.39 is 68.9 Å². The fourth-order valence-corrected chi connectivity index (χ4v) is 11.7. The highest BCUT2D eigenvalue weighted by atomic mass is 127. The summed E-state index contributed by atoms with van der Waals surface area (Å²) in [6, 6.07) is 61.4. The van der Waals surface area contributed by atoms with Gasteiger partial charge in [-0.15, -0.1) is 0 Å². The topological polar surface area (TPSA) is 83.1 Å². The van der Waals surface area contributed by atoms with Gasteiger partial charge in [0, 0.05) is 9.32 Å². The molecule has 10 atom stereocenters. The van der Waals surface area contributed by atoms with E-state index in [2.05, 4.69) is 129 Å². The molecule has 2 fully saturated rings. The highest BCUT2D eigenvalue weighted by Crippen LogP contribution is 2.43. The molecule has 0 bridgehead atoms. The zero-order chi connectivity index (χ0) is 49.5. The van der Waals surface area contributed by atoms with E-state index in [9.17, 15) is 0 Å². The molecule has 0 spiro atoms. The zero-order valence-corrected chi connectivity index (χ0v) is 45.5. The molecule has 2 saturated heterocycles. The maximum Gasteiger partial charge on any atom is 0.192 e. The van der Waals surface area contributed by atoms with Crippen molar-refractivity contribution < 1.29 is 42.3 Å². The number of ether oxygens (including phenoxy) is 8. The monoisotopic (exact) mass is 1110 g/mol. The quantitative estimate of drug-likeness (QED) is 0.0351. The second-order valence-corrected chi connectivity index (χ2v) is 26.5. The van der Waals surface area contributed by atoms with Crippen LogP contribution in [-0.4, -0.2) is 79.9 Å². The fourth-order valence-electron chi connectivity index (χ4n) is 8.50. The summed E-state index contributed by atoms with van der Waals surface area (Å²) in [6.45, 7) is 13.2. The van der Waals surface area contributed by atoms with Gasteiger partial charge in [0.05, 0.1) is 45.7 Å². The van der Waals surface area contributed by atoms with Crippen LogP contribution >= 0.6 is 34.4 Å². The number of rotatable bonds is 23. The summed E-state index contributed by atoms with van der Waals surface area (Å²) in [5.41, 5.74) is 4.74. The maximum atomic E-state index is 7.62. The lowest BCUT2D eigenvalue weighted by Gasteiger charge is -2.52. The van der Waals surface area contributed by atoms with Gasteiger partial charge in [-0.1, -0.05) is 225 Å². The molecule has 2 aliphatic heterocycles. The van der Waals surface area contributed by atoms with Crippen LogP contribution in [0.1, 0.15) is 48.6 Å². The highest BCUT2D eigenvalue weighted by molar-refractivity contribution is 14.1. The summed E-state index contributed by atoms with van der Waals surface area (Å²) >= 11 is 4.05. The average molecular weight is 1110 g/mol.